The van der Waals surface area contributed by atoms with E-state index in [0.29, 0.717) is 6.04 Å². The van der Waals surface area contributed by atoms with E-state index in [0.717, 1.165) is 24.6 Å². The second kappa shape index (κ2) is 9.02. The molecule has 0 spiro atoms. The number of hydrogen-bond acceptors (Lipinski definition) is 2. The van der Waals surface area contributed by atoms with Crippen molar-refractivity contribution in [1.29, 1.82) is 0 Å². The Balaban J connectivity index is 2.82. The molecule has 1 N–H and O–H groups in total. The number of rotatable bonds is 9. The molecule has 0 amide bonds. The van der Waals surface area contributed by atoms with Crippen LogP contribution in [0, 0.1) is 12.8 Å². The van der Waals surface area contributed by atoms with E-state index in [1.165, 1.54) is 30.4 Å². The standard InChI is InChI=1S/C18H31NO/c1-6-12-19-17(9-7-8-14(2)3)16-13-15(4)10-11-18(16)20-5/h10-11,13-14,17,19H,6-9,12H2,1-5H3. The van der Waals surface area contributed by atoms with Crippen molar-refractivity contribution in [3.8, 4) is 5.75 Å². The van der Waals surface area contributed by atoms with Gasteiger partial charge in [-0.15, -0.1) is 0 Å². The van der Waals surface area contributed by atoms with Gasteiger partial charge in [-0.2, -0.15) is 0 Å². The maximum absolute atomic E-state index is 5.55. The van der Waals surface area contributed by atoms with Gasteiger partial charge in [-0.05, 0) is 38.3 Å². The summed E-state index contributed by atoms with van der Waals surface area (Å²) >= 11 is 0. The predicted octanol–water partition coefficient (Wildman–Crippen LogP) is 4.87. The van der Waals surface area contributed by atoms with Crippen LogP contribution in [0.25, 0.3) is 0 Å². The fourth-order valence-corrected chi connectivity index (χ4v) is 2.54. The summed E-state index contributed by atoms with van der Waals surface area (Å²) in [4.78, 5) is 0. The van der Waals surface area contributed by atoms with E-state index in [4.69, 9.17) is 4.74 Å². The van der Waals surface area contributed by atoms with Gasteiger partial charge in [0.15, 0.2) is 0 Å². The van der Waals surface area contributed by atoms with Crippen molar-refractivity contribution >= 4 is 0 Å². The zero-order valence-electron chi connectivity index (χ0n) is 13.8. The first-order chi connectivity index (χ1) is 9.58. The molecule has 20 heavy (non-hydrogen) atoms. The molecule has 0 aromatic heterocycles. The minimum atomic E-state index is 0.406. The Morgan fingerprint density at radius 1 is 1.20 bits per heavy atom. The van der Waals surface area contributed by atoms with Gasteiger partial charge in [0, 0.05) is 11.6 Å². The zero-order chi connectivity index (χ0) is 15.0. The van der Waals surface area contributed by atoms with Crippen LogP contribution in [-0.2, 0) is 0 Å². The molecule has 0 aliphatic carbocycles. The molecule has 1 unspecified atom stereocenters. The van der Waals surface area contributed by atoms with Crippen LogP contribution in [0.5, 0.6) is 5.75 Å². The number of benzene rings is 1. The summed E-state index contributed by atoms with van der Waals surface area (Å²) in [5.74, 6) is 1.79. The summed E-state index contributed by atoms with van der Waals surface area (Å²) in [7, 11) is 1.76. The maximum atomic E-state index is 5.55. The van der Waals surface area contributed by atoms with Gasteiger partial charge in [0.1, 0.15) is 5.75 Å². The highest BCUT2D eigenvalue weighted by Gasteiger charge is 2.15. The molecule has 1 aromatic rings. The van der Waals surface area contributed by atoms with Crippen molar-refractivity contribution in [3.63, 3.8) is 0 Å². The fourth-order valence-electron chi connectivity index (χ4n) is 2.54. The minimum absolute atomic E-state index is 0.406. The molecule has 2 nitrogen and oxygen atoms in total. The molecule has 0 saturated carbocycles. The molecule has 1 rings (SSSR count). The SMILES string of the molecule is CCCNC(CCCC(C)C)c1cc(C)ccc1OC. The van der Waals surface area contributed by atoms with E-state index in [1.54, 1.807) is 7.11 Å². The van der Waals surface area contributed by atoms with Gasteiger partial charge in [-0.25, -0.2) is 0 Å². The van der Waals surface area contributed by atoms with Crippen LogP contribution in [0.1, 0.15) is 63.6 Å². The first-order valence-electron chi connectivity index (χ1n) is 7.96. The van der Waals surface area contributed by atoms with Crippen molar-refractivity contribution in [2.45, 2.75) is 59.4 Å². The quantitative estimate of drug-likeness (QED) is 0.695. The average molecular weight is 277 g/mol. The Bertz CT molecular complexity index is 387. The molecular formula is C18H31NO. The van der Waals surface area contributed by atoms with E-state index in [2.05, 4.69) is 51.2 Å². The second-order valence-electron chi connectivity index (χ2n) is 6.08. The van der Waals surface area contributed by atoms with Crippen LogP contribution < -0.4 is 10.1 Å². The van der Waals surface area contributed by atoms with Gasteiger partial charge in [0.05, 0.1) is 7.11 Å². The van der Waals surface area contributed by atoms with Crippen molar-refractivity contribution in [2.24, 2.45) is 5.92 Å². The molecule has 2 heteroatoms. The molecule has 0 aliphatic heterocycles. The van der Waals surface area contributed by atoms with Crippen molar-refractivity contribution < 1.29 is 4.74 Å². The van der Waals surface area contributed by atoms with Crippen LogP contribution in [0.3, 0.4) is 0 Å². The number of aryl methyl sites for hydroxylation is 1. The van der Waals surface area contributed by atoms with E-state index < -0.39 is 0 Å². The molecule has 0 bridgehead atoms. The van der Waals surface area contributed by atoms with Gasteiger partial charge in [-0.1, -0.05) is 51.3 Å². The number of ether oxygens (including phenoxy) is 1. The molecule has 0 heterocycles. The lowest BCUT2D eigenvalue weighted by molar-refractivity contribution is 0.388. The summed E-state index contributed by atoms with van der Waals surface area (Å²) in [6.07, 6.45) is 4.89. The first-order valence-corrected chi connectivity index (χ1v) is 7.96. The van der Waals surface area contributed by atoms with Gasteiger partial charge < -0.3 is 10.1 Å². The molecule has 114 valence electrons. The summed E-state index contributed by atoms with van der Waals surface area (Å²) in [5, 5.41) is 3.68. The largest absolute Gasteiger partial charge is 0.496 e. The topological polar surface area (TPSA) is 21.3 Å². The number of hydrogen-bond donors (Lipinski definition) is 1. The molecule has 1 atom stereocenters. The number of nitrogens with one attached hydrogen (secondary N) is 1. The first kappa shape index (κ1) is 17.0. The van der Waals surface area contributed by atoms with Crippen LogP contribution in [0.2, 0.25) is 0 Å². The van der Waals surface area contributed by atoms with Gasteiger partial charge in [0.2, 0.25) is 0 Å². The van der Waals surface area contributed by atoms with E-state index >= 15 is 0 Å². The maximum Gasteiger partial charge on any atom is 0.123 e. The molecule has 0 aliphatic rings. The Morgan fingerprint density at radius 2 is 1.95 bits per heavy atom. The predicted molar refractivity (Wildman–Crippen MR) is 87.5 cm³/mol. The smallest absolute Gasteiger partial charge is 0.123 e. The second-order valence-corrected chi connectivity index (χ2v) is 6.08. The fraction of sp³-hybridized carbons (Fsp3) is 0.667. The molecule has 0 saturated heterocycles. The Kier molecular flexibility index (Phi) is 7.68. The lowest BCUT2D eigenvalue weighted by Gasteiger charge is -2.22. The van der Waals surface area contributed by atoms with Gasteiger partial charge in [-0.3, -0.25) is 0 Å². The highest BCUT2D eigenvalue weighted by molar-refractivity contribution is 5.39. The van der Waals surface area contributed by atoms with Crippen molar-refractivity contribution in [2.75, 3.05) is 13.7 Å². The molecule has 0 fully saturated rings. The average Bonchev–Trinajstić information content (AvgIpc) is 2.42. The lowest BCUT2D eigenvalue weighted by Crippen LogP contribution is -2.23. The van der Waals surface area contributed by atoms with Gasteiger partial charge >= 0.3 is 0 Å². The van der Waals surface area contributed by atoms with E-state index in [1.807, 2.05) is 0 Å². The number of methoxy groups -OCH3 is 1. The Hall–Kier alpha value is -1.02. The minimum Gasteiger partial charge on any atom is -0.496 e. The third kappa shape index (κ3) is 5.54. The van der Waals surface area contributed by atoms with Crippen LogP contribution >= 0.6 is 0 Å². The summed E-state index contributed by atoms with van der Waals surface area (Å²) in [5.41, 5.74) is 2.61. The van der Waals surface area contributed by atoms with Crippen LogP contribution in [0.15, 0.2) is 18.2 Å². The van der Waals surface area contributed by atoms with Gasteiger partial charge in [0.25, 0.3) is 0 Å². The highest BCUT2D eigenvalue weighted by atomic mass is 16.5. The monoisotopic (exact) mass is 277 g/mol. The molecule has 1 aromatic carbocycles. The molecular weight excluding hydrogens is 246 g/mol. The van der Waals surface area contributed by atoms with Crippen molar-refractivity contribution in [1.82, 2.24) is 5.32 Å². The summed E-state index contributed by atoms with van der Waals surface area (Å²) in [6, 6.07) is 6.88. The van der Waals surface area contributed by atoms with Crippen LogP contribution in [-0.4, -0.2) is 13.7 Å². The Morgan fingerprint density at radius 3 is 2.55 bits per heavy atom. The third-order valence-corrected chi connectivity index (χ3v) is 3.68. The summed E-state index contributed by atoms with van der Waals surface area (Å²) < 4.78 is 5.55. The van der Waals surface area contributed by atoms with E-state index in [9.17, 15) is 0 Å². The highest BCUT2D eigenvalue weighted by Crippen LogP contribution is 2.30. The van der Waals surface area contributed by atoms with Crippen LogP contribution in [0.4, 0.5) is 0 Å². The normalized spacial score (nSPS) is 12.7. The Labute approximate surface area is 124 Å². The lowest BCUT2D eigenvalue weighted by atomic mass is 9.96. The van der Waals surface area contributed by atoms with Crippen molar-refractivity contribution in [3.05, 3.63) is 29.3 Å². The third-order valence-electron chi connectivity index (χ3n) is 3.68. The van der Waals surface area contributed by atoms with E-state index in [-0.39, 0.29) is 0 Å². The zero-order valence-corrected chi connectivity index (χ0v) is 13.8. The molecule has 0 radical (unpaired) electrons. The summed E-state index contributed by atoms with van der Waals surface area (Å²) in [6.45, 7) is 10.0.